The van der Waals surface area contributed by atoms with Gasteiger partial charge in [-0.3, -0.25) is 9.80 Å². The molecule has 4 nitrogen and oxygen atoms in total. The van der Waals surface area contributed by atoms with Crippen LogP contribution in [0.1, 0.15) is 31.2 Å². The van der Waals surface area contributed by atoms with Gasteiger partial charge in [0, 0.05) is 38.5 Å². The summed E-state index contributed by atoms with van der Waals surface area (Å²) in [5.41, 5.74) is 1.43. The number of piperidine rings is 2. The molecule has 0 N–H and O–H groups in total. The summed E-state index contributed by atoms with van der Waals surface area (Å²) < 4.78 is 11.7. The second-order valence-corrected chi connectivity index (χ2v) is 7.14. The van der Waals surface area contributed by atoms with Gasteiger partial charge in [0.15, 0.2) is 5.79 Å². The van der Waals surface area contributed by atoms with E-state index in [-0.39, 0.29) is 5.79 Å². The molecule has 0 aromatic heterocycles. The lowest BCUT2D eigenvalue weighted by molar-refractivity contribution is -0.188. The lowest BCUT2D eigenvalue weighted by atomic mass is 9.97. The standard InChI is InChI=1S/C19H28N2O2/c1-2-4-17(5-3-1)16-20-10-6-18(7-11-20)21-12-8-19(9-13-21)22-14-15-23-19/h1-5,18H,6-16H2. The van der Waals surface area contributed by atoms with Gasteiger partial charge in [-0.1, -0.05) is 30.3 Å². The van der Waals surface area contributed by atoms with E-state index in [9.17, 15) is 0 Å². The summed E-state index contributed by atoms with van der Waals surface area (Å²) >= 11 is 0. The van der Waals surface area contributed by atoms with Crippen LogP contribution in [0.4, 0.5) is 0 Å². The monoisotopic (exact) mass is 316 g/mol. The maximum Gasteiger partial charge on any atom is 0.170 e. The van der Waals surface area contributed by atoms with Crippen molar-refractivity contribution < 1.29 is 9.47 Å². The molecule has 4 rings (SSSR count). The van der Waals surface area contributed by atoms with E-state index in [2.05, 4.69) is 40.1 Å². The molecule has 0 unspecified atom stereocenters. The smallest absolute Gasteiger partial charge is 0.170 e. The first-order chi connectivity index (χ1) is 11.3. The lowest BCUT2D eigenvalue weighted by Crippen LogP contribution is -2.51. The molecule has 126 valence electrons. The van der Waals surface area contributed by atoms with E-state index in [0.717, 1.165) is 51.7 Å². The van der Waals surface area contributed by atoms with E-state index < -0.39 is 0 Å². The van der Waals surface area contributed by atoms with Crippen molar-refractivity contribution in [3.63, 3.8) is 0 Å². The van der Waals surface area contributed by atoms with E-state index in [0.29, 0.717) is 0 Å². The van der Waals surface area contributed by atoms with Crippen molar-refractivity contribution >= 4 is 0 Å². The van der Waals surface area contributed by atoms with E-state index in [1.807, 2.05) is 0 Å². The van der Waals surface area contributed by atoms with Crippen LogP contribution in [0, 0.1) is 0 Å². The van der Waals surface area contributed by atoms with Crippen LogP contribution in [-0.4, -0.2) is 61.0 Å². The molecule has 1 spiro atoms. The zero-order chi connectivity index (χ0) is 15.5. The average Bonchev–Trinajstić information content (AvgIpc) is 3.06. The average molecular weight is 316 g/mol. The first-order valence-corrected chi connectivity index (χ1v) is 9.11. The third-order valence-corrected chi connectivity index (χ3v) is 5.70. The van der Waals surface area contributed by atoms with Crippen molar-refractivity contribution in [1.29, 1.82) is 0 Å². The van der Waals surface area contributed by atoms with Gasteiger partial charge in [0.1, 0.15) is 0 Å². The highest BCUT2D eigenvalue weighted by atomic mass is 16.7. The molecule has 0 saturated carbocycles. The lowest BCUT2D eigenvalue weighted by Gasteiger charge is -2.44. The molecule has 3 fully saturated rings. The molecule has 4 heteroatoms. The van der Waals surface area contributed by atoms with E-state index in [1.165, 1.54) is 31.5 Å². The Kier molecular flexibility index (Phi) is 4.67. The Morgan fingerprint density at radius 2 is 1.57 bits per heavy atom. The molecule has 0 aliphatic carbocycles. The quantitative estimate of drug-likeness (QED) is 0.855. The summed E-state index contributed by atoms with van der Waals surface area (Å²) in [7, 11) is 0. The zero-order valence-electron chi connectivity index (χ0n) is 14.0. The van der Waals surface area contributed by atoms with Crippen molar-refractivity contribution in [1.82, 2.24) is 9.80 Å². The number of benzene rings is 1. The van der Waals surface area contributed by atoms with E-state index in [1.54, 1.807) is 0 Å². The number of ether oxygens (including phenoxy) is 2. The summed E-state index contributed by atoms with van der Waals surface area (Å²) in [6, 6.07) is 11.6. The fourth-order valence-electron chi connectivity index (χ4n) is 4.30. The molecular formula is C19H28N2O2. The van der Waals surface area contributed by atoms with Gasteiger partial charge in [0.25, 0.3) is 0 Å². The topological polar surface area (TPSA) is 24.9 Å². The molecule has 0 amide bonds. The summed E-state index contributed by atoms with van der Waals surface area (Å²) in [6.45, 7) is 7.34. The van der Waals surface area contributed by atoms with Crippen LogP contribution >= 0.6 is 0 Å². The van der Waals surface area contributed by atoms with Crippen molar-refractivity contribution in [3.8, 4) is 0 Å². The highest BCUT2D eigenvalue weighted by Crippen LogP contribution is 2.33. The molecule has 3 aliphatic rings. The third kappa shape index (κ3) is 3.61. The molecule has 0 atom stereocenters. The van der Waals surface area contributed by atoms with Crippen LogP contribution in [0.3, 0.4) is 0 Å². The second-order valence-electron chi connectivity index (χ2n) is 7.14. The highest BCUT2D eigenvalue weighted by Gasteiger charge is 2.41. The molecule has 1 aromatic carbocycles. The van der Waals surface area contributed by atoms with Crippen LogP contribution in [0.25, 0.3) is 0 Å². The van der Waals surface area contributed by atoms with Crippen molar-refractivity contribution in [2.24, 2.45) is 0 Å². The fourth-order valence-corrected chi connectivity index (χ4v) is 4.30. The minimum Gasteiger partial charge on any atom is -0.347 e. The van der Waals surface area contributed by atoms with Crippen LogP contribution in [0.2, 0.25) is 0 Å². The van der Waals surface area contributed by atoms with Crippen LogP contribution in [0.15, 0.2) is 30.3 Å². The summed E-state index contributed by atoms with van der Waals surface area (Å²) in [4.78, 5) is 5.27. The number of hydrogen-bond donors (Lipinski definition) is 0. The molecular weight excluding hydrogens is 288 g/mol. The number of likely N-dealkylation sites (tertiary alicyclic amines) is 2. The van der Waals surface area contributed by atoms with Gasteiger partial charge >= 0.3 is 0 Å². The van der Waals surface area contributed by atoms with Gasteiger partial charge < -0.3 is 9.47 Å². The predicted molar refractivity (Wildman–Crippen MR) is 90.2 cm³/mol. The minimum absolute atomic E-state index is 0.232. The third-order valence-electron chi connectivity index (χ3n) is 5.70. The van der Waals surface area contributed by atoms with Gasteiger partial charge in [0.05, 0.1) is 13.2 Å². The summed E-state index contributed by atoms with van der Waals surface area (Å²) in [6.07, 6.45) is 4.66. The first kappa shape index (κ1) is 15.6. The molecule has 23 heavy (non-hydrogen) atoms. The van der Waals surface area contributed by atoms with Crippen molar-refractivity contribution in [2.45, 2.75) is 44.1 Å². The van der Waals surface area contributed by atoms with Gasteiger partial charge in [-0.25, -0.2) is 0 Å². The maximum atomic E-state index is 5.84. The Labute approximate surface area is 139 Å². The zero-order valence-corrected chi connectivity index (χ0v) is 14.0. The largest absolute Gasteiger partial charge is 0.347 e. The summed E-state index contributed by atoms with van der Waals surface area (Å²) in [5.74, 6) is -0.232. The van der Waals surface area contributed by atoms with Crippen LogP contribution in [0.5, 0.6) is 0 Å². The minimum atomic E-state index is -0.232. The van der Waals surface area contributed by atoms with Crippen molar-refractivity contribution in [2.75, 3.05) is 39.4 Å². The Hall–Kier alpha value is -0.940. The summed E-state index contributed by atoms with van der Waals surface area (Å²) in [5, 5.41) is 0. The normalized spacial score (nSPS) is 26.8. The number of nitrogens with zero attached hydrogens (tertiary/aromatic N) is 2. The molecule has 3 aliphatic heterocycles. The maximum absolute atomic E-state index is 5.84. The van der Waals surface area contributed by atoms with E-state index >= 15 is 0 Å². The van der Waals surface area contributed by atoms with Gasteiger partial charge in [-0.2, -0.15) is 0 Å². The van der Waals surface area contributed by atoms with Crippen molar-refractivity contribution in [3.05, 3.63) is 35.9 Å². The number of rotatable bonds is 3. The Bertz CT molecular complexity index is 483. The molecule has 0 radical (unpaired) electrons. The SMILES string of the molecule is c1ccc(CN2CCC(N3CCC4(CC3)OCCO4)CC2)cc1. The predicted octanol–water partition coefficient (Wildman–Crippen LogP) is 2.49. The van der Waals surface area contributed by atoms with Gasteiger partial charge in [-0.15, -0.1) is 0 Å². The fraction of sp³-hybridized carbons (Fsp3) is 0.684. The Balaban J connectivity index is 1.24. The van der Waals surface area contributed by atoms with Crippen LogP contribution < -0.4 is 0 Å². The molecule has 3 heterocycles. The van der Waals surface area contributed by atoms with E-state index in [4.69, 9.17) is 9.47 Å². The second kappa shape index (κ2) is 6.89. The van der Waals surface area contributed by atoms with Gasteiger partial charge in [0.2, 0.25) is 0 Å². The van der Waals surface area contributed by atoms with Crippen LogP contribution in [-0.2, 0) is 16.0 Å². The number of hydrogen-bond acceptors (Lipinski definition) is 4. The first-order valence-electron chi connectivity index (χ1n) is 9.11. The van der Waals surface area contributed by atoms with Gasteiger partial charge in [-0.05, 0) is 31.5 Å². The molecule has 0 bridgehead atoms. The Morgan fingerprint density at radius 1 is 0.913 bits per heavy atom. The highest BCUT2D eigenvalue weighted by molar-refractivity contribution is 5.14. The Morgan fingerprint density at radius 3 is 2.22 bits per heavy atom. The molecule has 3 saturated heterocycles. The molecule has 1 aromatic rings.